The number of anilines is 1. The van der Waals surface area contributed by atoms with Crippen LogP contribution in [0.3, 0.4) is 0 Å². The number of nitrogens with zero attached hydrogens (tertiary/aromatic N) is 5. The summed E-state index contributed by atoms with van der Waals surface area (Å²) in [6.45, 7) is 16.0. The molecule has 4 atom stereocenters. The number of rotatable bonds is 11. The highest BCUT2D eigenvalue weighted by Gasteiger charge is 2.41. The molecule has 0 radical (unpaired) electrons. The quantitative estimate of drug-likeness (QED) is 0.375. The normalized spacial score (nSPS) is 17.1. The molecule has 1 aliphatic rings. The van der Waals surface area contributed by atoms with Crippen LogP contribution in [0.15, 0.2) is 36.7 Å². The Hall–Kier alpha value is -4.03. The number of carbonyl (C=O) groups excluding carboxylic acids is 3. The summed E-state index contributed by atoms with van der Waals surface area (Å²) in [6, 6.07) is 3.30. The Morgan fingerprint density at radius 3 is 2.30 bits per heavy atom. The molecule has 1 aromatic carbocycles. The van der Waals surface area contributed by atoms with Crippen LogP contribution < -0.4 is 15.0 Å². The number of halogens is 2. The lowest BCUT2D eigenvalue weighted by atomic mass is 9.85. The van der Waals surface area contributed by atoms with Gasteiger partial charge >= 0.3 is 6.09 Å². The van der Waals surface area contributed by atoms with Crippen molar-refractivity contribution in [3.63, 3.8) is 0 Å². The van der Waals surface area contributed by atoms with Crippen LogP contribution in [0.4, 0.5) is 19.5 Å². The number of benzene rings is 1. The summed E-state index contributed by atoms with van der Waals surface area (Å²) in [6.07, 6.45) is 3.31. The number of amides is 3. The molecule has 13 heteroatoms. The molecule has 1 aromatic heterocycles. The SMILES string of the molecule is CC(COc1ccc(F)c(F)c1)CN(c1ncccn1)C1CCN(C(=O)C(NC(=O)C(C)N(C)C(=O)OC(C)(C)C)C(C)(C)C)C1. The summed E-state index contributed by atoms with van der Waals surface area (Å²) in [4.78, 5) is 53.7. The van der Waals surface area contributed by atoms with E-state index < -0.39 is 46.7 Å². The lowest BCUT2D eigenvalue weighted by molar-refractivity contribution is -0.139. The molecule has 2 heterocycles. The van der Waals surface area contributed by atoms with Gasteiger partial charge in [0.1, 0.15) is 23.4 Å². The Morgan fingerprint density at radius 2 is 1.72 bits per heavy atom. The van der Waals surface area contributed by atoms with Crippen molar-refractivity contribution in [2.24, 2.45) is 11.3 Å². The molecule has 1 saturated heterocycles. The first-order valence-corrected chi connectivity index (χ1v) is 15.5. The number of likely N-dealkylation sites (N-methyl/N-ethyl adjacent to an activating group) is 1. The molecular weight excluding hydrogens is 598 g/mol. The fourth-order valence-electron chi connectivity index (χ4n) is 4.99. The number of likely N-dealkylation sites (tertiary alicyclic amines) is 1. The van der Waals surface area contributed by atoms with Crippen LogP contribution in [-0.4, -0.2) is 94.7 Å². The van der Waals surface area contributed by atoms with Crippen LogP contribution in [0.25, 0.3) is 0 Å². The van der Waals surface area contributed by atoms with E-state index >= 15 is 0 Å². The second-order valence-electron chi connectivity index (χ2n) is 14.0. The molecular formula is C33H48F2N6O5. The van der Waals surface area contributed by atoms with Crippen LogP contribution in [0.1, 0.15) is 61.8 Å². The minimum atomic E-state index is -0.977. The van der Waals surface area contributed by atoms with Gasteiger partial charge < -0.3 is 24.6 Å². The van der Waals surface area contributed by atoms with Crippen LogP contribution in [0.2, 0.25) is 0 Å². The van der Waals surface area contributed by atoms with Crippen LogP contribution >= 0.6 is 0 Å². The Bertz CT molecular complexity index is 1350. The van der Waals surface area contributed by atoms with E-state index in [0.717, 1.165) is 12.1 Å². The van der Waals surface area contributed by atoms with E-state index in [9.17, 15) is 23.2 Å². The average molecular weight is 647 g/mol. The van der Waals surface area contributed by atoms with E-state index in [4.69, 9.17) is 9.47 Å². The lowest BCUT2D eigenvalue weighted by Gasteiger charge is -2.36. The zero-order valence-electron chi connectivity index (χ0n) is 28.3. The molecule has 254 valence electrons. The van der Waals surface area contributed by atoms with Gasteiger partial charge in [0.2, 0.25) is 17.8 Å². The smallest absolute Gasteiger partial charge is 0.410 e. The number of hydrogen-bond acceptors (Lipinski definition) is 8. The van der Waals surface area contributed by atoms with E-state index in [-0.39, 0.29) is 30.2 Å². The van der Waals surface area contributed by atoms with Crippen LogP contribution in [0.5, 0.6) is 5.75 Å². The summed E-state index contributed by atoms with van der Waals surface area (Å²) in [5.41, 5.74) is -1.34. The standard InChI is InChI=1S/C33H48F2N6O5/c1-21(20-45-24-11-12-25(34)26(35)17-24)18-41(30-36-14-10-15-37-30)23-13-16-40(19-23)29(43)27(32(3,4)5)38-28(42)22(2)39(9)31(44)46-33(6,7)8/h10-12,14-15,17,21-23,27H,13,16,18-20H2,1-9H3,(H,38,42). The van der Waals surface area contributed by atoms with Gasteiger partial charge in [-0.3, -0.25) is 14.5 Å². The Labute approximate surface area is 270 Å². The summed E-state index contributed by atoms with van der Waals surface area (Å²) in [7, 11) is 1.49. The van der Waals surface area contributed by atoms with Gasteiger partial charge in [-0.1, -0.05) is 27.7 Å². The Morgan fingerprint density at radius 1 is 1.07 bits per heavy atom. The van der Waals surface area contributed by atoms with Gasteiger partial charge in [0, 0.05) is 51.1 Å². The maximum Gasteiger partial charge on any atom is 0.410 e. The molecule has 1 aliphatic heterocycles. The molecule has 0 saturated carbocycles. The molecule has 11 nitrogen and oxygen atoms in total. The lowest BCUT2D eigenvalue weighted by Crippen LogP contribution is -2.58. The summed E-state index contributed by atoms with van der Waals surface area (Å²) in [5.74, 6) is -1.94. The summed E-state index contributed by atoms with van der Waals surface area (Å²) in [5, 5.41) is 2.90. The van der Waals surface area contributed by atoms with Crippen molar-refractivity contribution in [2.45, 2.75) is 85.5 Å². The highest BCUT2D eigenvalue weighted by Crippen LogP contribution is 2.27. The second-order valence-corrected chi connectivity index (χ2v) is 14.0. The molecule has 3 rings (SSSR count). The topological polar surface area (TPSA) is 117 Å². The third-order valence-corrected chi connectivity index (χ3v) is 7.70. The minimum Gasteiger partial charge on any atom is -0.493 e. The Kier molecular flexibility index (Phi) is 11.9. The number of ether oxygens (including phenoxy) is 2. The predicted octanol–water partition coefficient (Wildman–Crippen LogP) is 4.66. The number of aromatic nitrogens is 2. The Balaban J connectivity index is 1.70. The highest BCUT2D eigenvalue weighted by molar-refractivity contribution is 5.91. The first-order chi connectivity index (χ1) is 21.4. The molecule has 2 aromatic rings. The summed E-state index contributed by atoms with van der Waals surface area (Å²) >= 11 is 0. The van der Waals surface area contributed by atoms with Gasteiger partial charge in [0.05, 0.1) is 12.6 Å². The van der Waals surface area contributed by atoms with E-state index in [1.165, 1.54) is 18.0 Å². The molecule has 0 spiro atoms. The molecule has 1 fully saturated rings. The zero-order valence-corrected chi connectivity index (χ0v) is 28.3. The maximum absolute atomic E-state index is 14.0. The fraction of sp³-hybridized carbons (Fsp3) is 0.606. The largest absolute Gasteiger partial charge is 0.493 e. The van der Waals surface area contributed by atoms with Crippen molar-refractivity contribution in [1.82, 2.24) is 25.1 Å². The molecule has 4 unspecified atom stereocenters. The maximum atomic E-state index is 14.0. The van der Waals surface area contributed by atoms with Crippen LogP contribution in [-0.2, 0) is 14.3 Å². The van der Waals surface area contributed by atoms with Gasteiger partial charge in [-0.2, -0.15) is 0 Å². The first-order valence-electron chi connectivity index (χ1n) is 15.5. The van der Waals surface area contributed by atoms with E-state index in [1.807, 2.05) is 32.6 Å². The third-order valence-electron chi connectivity index (χ3n) is 7.70. The fourth-order valence-corrected chi connectivity index (χ4v) is 4.99. The minimum absolute atomic E-state index is 0.0632. The van der Waals surface area contributed by atoms with Crippen molar-refractivity contribution in [3.05, 3.63) is 48.3 Å². The summed E-state index contributed by atoms with van der Waals surface area (Å²) < 4.78 is 38.1. The van der Waals surface area contributed by atoms with Gasteiger partial charge in [-0.25, -0.2) is 23.5 Å². The van der Waals surface area contributed by atoms with Crippen molar-refractivity contribution in [1.29, 1.82) is 0 Å². The first kappa shape index (κ1) is 36.4. The zero-order chi connectivity index (χ0) is 34.4. The molecule has 0 aliphatic carbocycles. The molecule has 1 N–H and O–H groups in total. The van der Waals surface area contributed by atoms with Crippen molar-refractivity contribution in [2.75, 3.05) is 38.2 Å². The third kappa shape index (κ3) is 9.98. The molecule has 46 heavy (non-hydrogen) atoms. The van der Waals surface area contributed by atoms with Gasteiger partial charge in [0.15, 0.2) is 11.6 Å². The predicted molar refractivity (Wildman–Crippen MR) is 170 cm³/mol. The monoisotopic (exact) mass is 646 g/mol. The van der Waals surface area contributed by atoms with E-state index in [2.05, 4.69) is 15.3 Å². The second kappa shape index (κ2) is 15.0. The average Bonchev–Trinajstić information content (AvgIpc) is 3.47. The van der Waals surface area contributed by atoms with Crippen molar-refractivity contribution in [3.8, 4) is 5.75 Å². The van der Waals surface area contributed by atoms with Crippen LogP contribution in [0, 0.1) is 23.0 Å². The number of hydrogen-bond donors (Lipinski definition) is 1. The van der Waals surface area contributed by atoms with Gasteiger partial charge in [-0.05, 0) is 57.7 Å². The van der Waals surface area contributed by atoms with E-state index in [1.54, 1.807) is 51.1 Å². The highest BCUT2D eigenvalue weighted by atomic mass is 19.2. The van der Waals surface area contributed by atoms with E-state index in [0.29, 0.717) is 32.0 Å². The molecule has 3 amide bonds. The van der Waals surface area contributed by atoms with Gasteiger partial charge in [-0.15, -0.1) is 0 Å². The van der Waals surface area contributed by atoms with Crippen molar-refractivity contribution < 1.29 is 32.6 Å². The number of carbonyl (C=O) groups is 3. The van der Waals surface area contributed by atoms with Gasteiger partial charge in [0.25, 0.3) is 0 Å². The number of nitrogens with one attached hydrogen (secondary N) is 1. The molecule has 0 bridgehead atoms. The van der Waals surface area contributed by atoms with Crippen molar-refractivity contribution >= 4 is 23.9 Å².